The van der Waals surface area contributed by atoms with Gasteiger partial charge in [0.15, 0.2) is 0 Å². The first-order valence-corrected chi connectivity index (χ1v) is 4.75. The molecule has 2 nitrogen and oxygen atoms in total. The third-order valence-corrected chi connectivity index (χ3v) is 2.66. The number of rotatable bonds is 0. The van der Waals surface area contributed by atoms with Crippen molar-refractivity contribution >= 4 is 33.3 Å². The lowest BCUT2D eigenvalue weighted by atomic mass is 10.1. The van der Waals surface area contributed by atoms with Crippen LogP contribution in [0.15, 0.2) is 36.4 Å². The van der Waals surface area contributed by atoms with Crippen LogP contribution in [0.5, 0.6) is 0 Å². The van der Waals surface area contributed by atoms with Crippen molar-refractivity contribution in [3.63, 3.8) is 0 Å². The molecule has 68 valence electrons. The van der Waals surface area contributed by atoms with Crippen LogP contribution in [0.25, 0.3) is 21.7 Å². The molecule has 1 N–H and O–H groups in total. The van der Waals surface area contributed by atoms with Gasteiger partial charge in [0.05, 0.1) is 5.52 Å². The summed E-state index contributed by atoms with van der Waals surface area (Å²) in [4.78, 5) is 0. The summed E-state index contributed by atoms with van der Waals surface area (Å²) in [6.45, 7) is 0. The molecule has 3 rings (SSSR count). The maximum Gasteiger partial charge on any atom is 0.132 e. The van der Waals surface area contributed by atoms with E-state index in [-0.39, 0.29) is 0 Å². The SMILES string of the molecule is Clc1[nH]nc2cc3ccccc3cc12. The van der Waals surface area contributed by atoms with Crippen molar-refractivity contribution in [2.75, 3.05) is 0 Å². The van der Waals surface area contributed by atoms with Gasteiger partial charge in [-0.05, 0) is 22.9 Å². The van der Waals surface area contributed by atoms with Gasteiger partial charge in [0.2, 0.25) is 0 Å². The molecule has 0 aliphatic carbocycles. The Morgan fingerprint density at radius 3 is 2.57 bits per heavy atom. The Hall–Kier alpha value is -1.54. The highest BCUT2D eigenvalue weighted by atomic mass is 35.5. The number of benzene rings is 2. The molecule has 1 aromatic heterocycles. The van der Waals surface area contributed by atoms with Crippen molar-refractivity contribution in [2.24, 2.45) is 0 Å². The number of aromatic amines is 1. The molecule has 14 heavy (non-hydrogen) atoms. The van der Waals surface area contributed by atoms with E-state index in [1.165, 1.54) is 10.8 Å². The molecule has 2 aromatic carbocycles. The first-order valence-electron chi connectivity index (χ1n) is 4.37. The molecule has 3 aromatic rings. The molecule has 0 unspecified atom stereocenters. The Balaban J connectivity index is 2.54. The molecule has 0 saturated heterocycles. The van der Waals surface area contributed by atoms with Crippen molar-refractivity contribution in [1.82, 2.24) is 10.2 Å². The third-order valence-electron chi connectivity index (χ3n) is 2.38. The van der Waals surface area contributed by atoms with Crippen molar-refractivity contribution in [3.05, 3.63) is 41.6 Å². The molecule has 0 saturated carbocycles. The van der Waals surface area contributed by atoms with E-state index in [9.17, 15) is 0 Å². The molecule has 0 bridgehead atoms. The number of halogens is 1. The van der Waals surface area contributed by atoms with E-state index in [0.717, 1.165) is 10.9 Å². The van der Waals surface area contributed by atoms with Crippen LogP contribution in [-0.2, 0) is 0 Å². The van der Waals surface area contributed by atoms with Crippen molar-refractivity contribution in [2.45, 2.75) is 0 Å². The Morgan fingerprint density at radius 2 is 1.79 bits per heavy atom. The van der Waals surface area contributed by atoms with Crippen LogP contribution >= 0.6 is 11.6 Å². The number of H-pyrrole nitrogens is 1. The minimum absolute atomic E-state index is 0.603. The van der Waals surface area contributed by atoms with Gasteiger partial charge in [-0.2, -0.15) is 5.10 Å². The van der Waals surface area contributed by atoms with Gasteiger partial charge in [-0.15, -0.1) is 0 Å². The number of nitrogens with zero attached hydrogens (tertiary/aromatic N) is 1. The van der Waals surface area contributed by atoms with Crippen LogP contribution in [-0.4, -0.2) is 10.2 Å². The van der Waals surface area contributed by atoms with Crippen molar-refractivity contribution < 1.29 is 0 Å². The Kier molecular flexibility index (Phi) is 1.52. The number of aromatic nitrogens is 2. The first-order chi connectivity index (χ1) is 6.84. The Morgan fingerprint density at radius 1 is 1.07 bits per heavy atom. The fourth-order valence-electron chi connectivity index (χ4n) is 1.67. The second-order valence-electron chi connectivity index (χ2n) is 3.25. The van der Waals surface area contributed by atoms with Gasteiger partial charge in [0.1, 0.15) is 5.15 Å². The molecule has 0 atom stereocenters. The minimum Gasteiger partial charge on any atom is -0.266 e. The third kappa shape index (κ3) is 1.01. The molecule has 0 amide bonds. The summed E-state index contributed by atoms with van der Waals surface area (Å²) in [7, 11) is 0. The number of fused-ring (bicyclic) bond motifs is 2. The van der Waals surface area contributed by atoms with Gasteiger partial charge >= 0.3 is 0 Å². The van der Waals surface area contributed by atoms with Gasteiger partial charge in [0, 0.05) is 5.39 Å². The standard InChI is InChI=1S/C11H7ClN2/c12-11-9-5-7-3-1-2-4-8(7)6-10(9)13-14-11/h1-6H,(H,13,14). The van der Waals surface area contributed by atoms with Crippen LogP contribution < -0.4 is 0 Å². The van der Waals surface area contributed by atoms with Gasteiger partial charge < -0.3 is 0 Å². The normalized spacial score (nSPS) is 11.2. The second-order valence-corrected chi connectivity index (χ2v) is 3.63. The molecule has 0 spiro atoms. The number of hydrogen-bond acceptors (Lipinski definition) is 1. The topological polar surface area (TPSA) is 28.7 Å². The van der Waals surface area contributed by atoms with Gasteiger partial charge in [-0.3, -0.25) is 5.10 Å². The molecule has 0 aliphatic heterocycles. The maximum absolute atomic E-state index is 5.95. The van der Waals surface area contributed by atoms with Crippen LogP contribution in [0.3, 0.4) is 0 Å². The predicted octanol–water partition coefficient (Wildman–Crippen LogP) is 3.37. The monoisotopic (exact) mass is 202 g/mol. The second kappa shape index (κ2) is 2.72. The molecule has 1 heterocycles. The first kappa shape index (κ1) is 7.83. The summed E-state index contributed by atoms with van der Waals surface area (Å²) < 4.78 is 0. The van der Waals surface area contributed by atoms with E-state index < -0.39 is 0 Å². The zero-order valence-corrected chi connectivity index (χ0v) is 8.05. The van der Waals surface area contributed by atoms with Gasteiger partial charge in [-0.25, -0.2) is 0 Å². The zero-order chi connectivity index (χ0) is 9.54. The highest BCUT2D eigenvalue weighted by Gasteiger charge is 2.03. The lowest BCUT2D eigenvalue weighted by Crippen LogP contribution is -1.72. The highest BCUT2D eigenvalue weighted by Crippen LogP contribution is 2.25. The minimum atomic E-state index is 0.603. The largest absolute Gasteiger partial charge is 0.266 e. The average Bonchev–Trinajstić information content (AvgIpc) is 2.57. The molecular weight excluding hydrogens is 196 g/mol. The summed E-state index contributed by atoms with van der Waals surface area (Å²) in [5, 5.41) is 10.8. The van der Waals surface area contributed by atoms with E-state index in [2.05, 4.69) is 28.4 Å². The fourth-order valence-corrected chi connectivity index (χ4v) is 1.86. The molecule has 0 aliphatic rings. The molecule has 3 heteroatoms. The van der Waals surface area contributed by atoms with Crippen molar-refractivity contribution in [3.8, 4) is 0 Å². The summed E-state index contributed by atoms with van der Waals surface area (Å²) in [5.41, 5.74) is 0.911. The highest BCUT2D eigenvalue weighted by molar-refractivity contribution is 6.34. The zero-order valence-electron chi connectivity index (χ0n) is 7.29. The fraction of sp³-hybridized carbons (Fsp3) is 0. The predicted molar refractivity (Wildman–Crippen MR) is 58.6 cm³/mol. The smallest absolute Gasteiger partial charge is 0.132 e. The van der Waals surface area contributed by atoms with Gasteiger partial charge in [0.25, 0.3) is 0 Å². The lowest BCUT2D eigenvalue weighted by Gasteiger charge is -1.96. The van der Waals surface area contributed by atoms with Crippen LogP contribution in [0.2, 0.25) is 5.15 Å². The summed E-state index contributed by atoms with van der Waals surface area (Å²) in [6.07, 6.45) is 0. The maximum atomic E-state index is 5.95. The van der Waals surface area contributed by atoms with Gasteiger partial charge in [-0.1, -0.05) is 35.9 Å². The van der Waals surface area contributed by atoms with E-state index in [0.29, 0.717) is 5.15 Å². The van der Waals surface area contributed by atoms with Crippen LogP contribution in [0, 0.1) is 0 Å². The quantitative estimate of drug-likeness (QED) is 0.595. The van der Waals surface area contributed by atoms with Crippen LogP contribution in [0.1, 0.15) is 0 Å². The van der Waals surface area contributed by atoms with E-state index in [1.807, 2.05) is 18.2 Å². The summed E-state index contributed by atoms with van der Waals surface area (Å²) >= 11 is 5.95. The van der Waals surface area contributed by atoms with Crippen LogP contribution in [0.4, 0.5) is 0 Å². The summed E-state index contributed by atoms with van der Waals surface area (Å²) in [5.74, 6) is 0. The van der Waals surface area contributed by atoms with E-state index >= 15 is 0 Å². The number of nitrogens with one attached hydrogen (secondary N) is 1. The van der Waals surface area contributed by atoms with E-state index in [4.69, 9.17) is 11.6 Å². The molecule has 0 radical (unpaired) electrons. The molecule has 0 fully saturated rings. The Bertz CT molecular complexity index is 613. The number of hydrogen-bond donors (Lipinski definition) is 1. The molecular formula is C11H7ClN2. The average molecular weight is 203 g/mol. The Labute approximate surface area is 85.5 Å². The van der Waals surface area contributed by atoms with Crippen molar-refractivity contribution in [1.29, 1.82) is 0 Å². The van der Waals surface area contributed by atoms with E-state index in [1.54, 1.807) is 0 Å². The lowest BCUT2D eigenvalue weighted by molar-refractivity contribution is 1.12. The summed E-state index contributed by atoms with van der Waals surface area (Å²) in [6, 6.07) is 12.3.